The number of aromatic nitrogens is 2. The number of pyridine rings is 1. The summed E-state index contributed by atoms with van der Waals surface area (Å²) in [5, 5.41) is 12.3. The number of hydrogen-bond acceptors (Lipinski definition) is 4. The summed E-state index contributed by atoms with van der Waals surface area (Å²) in [6.07, 6.45) is -0.0625. The van der Waals surface area contributed by atoms with Gasteiger partial charge in [-0.2, -0.15) is 13.2 Å². The minimum atomic E-state index is -4.44. The van der Waals surface area contributed by atoms with E-state index in [-0.39, 0.29) is 5.92 Å². The van der Waals surface area contributed by atoms with Crippen LogP contribution < -0.4 is 9.97 Å². The molecule has 1 fully saturated rings. The average Bonchev–Trinajstić information content (AvgIpc) is 3.13. The molecule has 0 bridgehead atoms. The van der Waals surface area contributed by atoms with Gasteiger partial charge in [-0.15, -0.1) is 0 Å². The molecule has 0 aromatic carbocycles. The molecule has 1 aliphatic heterocycles. The first-order chi connectivity index (χ1) is 13.7. The van der Waals surface area contributed by atoms with Gasteiger partial charge in [-0.25, -0.2) is 9.78 Å². The number of nitrogens with zero attached hydrogens (tertiary/aromatic N) is 2. The first kappa shape index (κ1) is 21.0. The Morgan fingerprint density at radius 2 is 2.17 bits per heavy atom. The lowest BCUT2D eigenvalue weighted by atomic mass is 9.84. The lowest BCUT2D eigenvalue weighted by molar-refractivity contribution is -0.123. The number of hydrogen-bond donors (Lipinski definition) is 3. The van der Waals surface area contributed by atoms with Crippen molar-refractivity contribution >= 4 is 29.8 Å². The molecule has 0 spiro atoms. The number of amides is 2. The second kappa shape index (κ2) is 8.36. The molecule has 3 rings (SSSR count). The molecule has 2 aromatic rings. The molecule has 0 aliphatic carbocycles. The van der Waals surface area contributed by atoms with Crippen LogP contribution in [0, 0.1) is 5.92 Å². The number of likely N-dealkylation sites (tertiary alicyclic amines) is 1. The third-order valence-electron chi connectivity index (χ3n) is 4.89. The maximum absolute atomic E-state index is 12.3. The monoisotopic (exact) mass is 410 g/mol. The first-order valence-electron chi connectivity index (χ1n) is 9.25. The molecule has 7 nitrogen and oxygen atoms in total. The zero-order valence-electron chi connectivity index (χ0n) is 15.9. The molecule has 0 atom stereocenters. The van der Waals surface area contributed by atoms with Crippen molar-refractivity contribution in [1.82, 2.24) is 20.2 Å². The van der Waals surface area contributed by atoms with Crippen molar-refractivity contribution in [2.24, 2.45) is 5.92 Å². The van der Waals surface area contributed by atoms with E-state index in [0.717, 1.165) is 16.5 Å². The van der Waals surface area contributed by atoms with Crippen molar-refractivity contribution in [2.45, 2.75) is 25.8 Å². The molecule has 156 valence electrons. The van der Waals surface area contributed by atoms with Gasteiger partial charge in [-0.05, 0) is 37.2 Å². The topological polar surface area (TPSA) is 90.5 Å². The number of aromatic amines is 1. The summed E-state index contributed by atoms with van der Waals surface area (Å²) in [7, 11) is -1.03. The first-order valence-corrected chi connectivity index (χ1v) is 9.25. The highest BCUT2D eigenvalue weighted by molar-refractivity contribution is 6.41. The number of nitrogens with one attached hydrogen (secondary N) is 2. The molecule has 11 heteroatoms. The molecule has 2 amide bonds. The van der Waals surface area contributed by atoms with Crippen molar-refractivity contribution in [2.75, 3.05) is 19.6 Å². The van der Waals surface area contributed by atoms with Gasteiger partial charge in [0.2, 0.25) is 0 Å². The molecule has 3 heterocycles. The van der Waals surface area contributed by atoms with E-state index in [1.165, 1.54) is 17.9 Å². The normalized spacial score (nSPS) is 15.4. The van der Waals surface area contributed by atoms with Crippen LogP contribution >= 0.6 is 0 Å². The lowest BCUT2D eigenvalue weighted by Gasteiger charge is -2.33. The van der Waals surface area contributed by atoms with Gasteiger partial charge in [-0.1, -0.05) is 6.58 Å². The highest BCUT2D eigenvalue weighted by Gasteiger charge is 2.31. The highest BCUT2D eigenvalue weighted by Crippen LogP contribution is 2.39. The van der Waals surface area contributed by atoms with Gasteiger partial charge in [0.05, 0.1) is 6.20 Å². The van der Waals surface area contributed by atoms with Crippen molar-refractivity contribution < 1.29 is 27.6 Å². The molecule has 1 saturated heterocycles. The largest absolute Gasteiger partial charge is 0.535 e. The quantitative estimate of drug-likeness (QED) is 0.661. The van der Waals surface area contributed by atoms with Gasteiger partial charge in [0.1, 0.15) is 17.9 Å². The van der Waals surface area contributed by atoms with Gasteiger partial charge in [0.15, 0.2) is 0 Å². The van der Waals surface area contributed by atoms with Gasteiger partial charge in [0.25, 0.3) is 0 Å². The maximum atomic E-state index is 12.3. The number of H-pyrrole nitrogens is 1. The molecule has 3 N–H and O–H groups in total. The summed E-state index contributed by atoms with van der Waals surface area (Å²) in [6.45, 7) is 5.00. The number of carbonyl (C=O) groups excluding carboxylic acids is 1. The lowest BCUT2D eigenvalue weighted by Crippen LogP contribution is -2.47. The van der Waals surface area contributed by atoms with E-state index in [1.807, 2.05) is 11.4 Å². The van der Waals surface area contributed by atoms with Crippen molar-refractivity contribution in [3.63, 3.8) is 0 Å². The predicted octanol–water partition coefficient (Wildman–Crippen LogP) is 3.05. The number of urea groups is 1. The van der Waals surface area contributed by atoms with Crippen LogP contribution in [0.3, 0.4) is 0 Å². The summed E-state index contributed by atoms with van der Waals surface area (Å²) in [4.78, 5) is 20.6. The molecule has 29 heavy (non-hydrogen) atoms. The summed E-state index contributed by atoms with van der Waals surface area (Å²) in [5.74, 6) is 0.418. The van der Waals surface area contributed by atoms with Gasteiger partial charge >= 0.3 is 19.3 Å². The Morgan fingerprint density at radius 1 is 1.48 bits per heavy atom. The fourth-order valence-electron chi connectivity index (χ4n) is 3.52. The van der Waals surface area contributed by atoms with Crippen LogP contribution in [0.4, 0.5) is 18.0 Å². The third-order valence-corrected chi connectivity index (χ3v) is 4.89. The predicted molar refractivity (Wildman–Crippen MR) is 103 cm³/mol. The van der Waals surface area contributed by atoms with Crippen molar-refractivity contribution in [3.05, 3.63) is 30.6 Å². The maximum Gasteiger partial charge on any atom is 0.519 e. The number of rotatable bonds is 5. The fraction of sp³-hybridized carbons (Fsp3) is 0.444. The van der Waals surface area contributed by atoms with Crippen molar-refractivity contribution in [3.8, 4) is 5.75 Å². The second-order valence-corrected chi connectivity index (χ2v) is 7.02. The van der Waals surface area contributed by atoms with Crippen LogP contribution in [0.15, 0.2) is 25.0 Å². The number of fused-ring (bicyclic) bond motifs is 1. The number of carbonyl (C=O) groups is 1. The van der Waals surface area contributed by atoms with Crippen LogP contribution in [-0.4, -0.2) is 58.9 Å². The van der Waals surface area contributed by atoms with Crippen molar-refractivity contribution in [1.29, 1.82) is 0 Å². The highest BCUT2D eigenvalue weighted by atomic mass is 19.4. The molecule has 2 aromatic heterocycles. The smallest absolute Gasteiger partial charge is 0.519 e. The molecule has 0 radical (unpaired) electrons. The van der Waals surface area contributed by atoms with Crippen LogP contribution in [0.2, 0.25) is 6.82 Å². The van der Waals surface area contributed by atoms with E-state index < -0.39 is 25.9 Å². The SMILES string of the molecule is C=C(c1c(OB(C)O)cnc2[nH]ccc12)C1CCN(C(=O)NCC(F)(F)F)CC1. The minimum absolute atomic E-state index is 0.0125. The average molecular weight is 410 g/mol. The van der Waals surface area contributed by atoms with Gasteiger partial charge in [-0.3, -0.25) is 0 Å². The molecule has 0 saturated carbocycles. The van der Waals surface area contributed by atoms with E-state index >= 15 is 0 Å². The zero-order valence-corrected chi connectivity index (χ0v) is 15.9. The standard InChI is InChI=1S/C18H22BF3N4O3/c1-11(12-4-7-26(8-5-12)17(27)25-10-18(20,21)22)15-13-3-6-23-16(13)24-9-14(15)29-19(2)28/h3,6,9,12,28H,1,4-5,7-8,10H2,2H3,(H,23,24)(H,25,27). The van der Waals surface area contributed by atoms with Crippen LogP contribution in [0.1, 0.15) is 18.4 Å². The van der Waals surface area contributed by atoms with E-state index in [0.29, 0.717) is 37.3 Å². The Kier molecular flexibility index (Phi) is 6.06. The summed E-state index contributed by atoms with van der Waals surface area (Å²) in [5.41, 5.74) is 2.17. The van der Waals surface area contributed by atoms with Crippen LogP contribution in [-0.2, 0) is 0 Å². The minimum Gasteiger partial charge on any atom is -0.535 e. The van der Waals surface area contributed by atoms with E-state index in [4.69, 9.17) is 4.65 Å². The fourth-order valence-corrected chi connectivity index (χ4v) is 3.52. The Hall–Kier alpha value is -2.69. The van der Waals surface area contributed by atoms with Crippen LogP contribution in [0.5, 0.6) is 5.75 Å². The van der Waals surface area contributed by atoms with Crippen LogP contribution in [0.25, 0.3) is 16.6 Å². The van der Waals surface area contributed by atoms with Gasteiger partial charge in [0, 0.05) is 30.2 Å². The number of halogens is 3. The van der Waals surface area contributed by atoms with Gasteiger partial charge < -0.3 is 24.9 Å². The van der Waals surface area contributed by atoms with E-state index in [9.17, 15) is 23.0 Å². The zero-order chi connectivity index (χ0) is 21.2. The molecule has 1 aliphatic rings. The Morgan fingerprint density at radius 3 is 2.79 bits per heavy atom. The Labute approximate surface area is 166 Å². The second-order valence-electron chi connectivity index (χ2n) is 7.02. The summed E-state index contributed by atoms with van der Waals surface area (Å²) >= 11 is 0. The number of piperidine rings is 1. The summed E-state index contributed by atoms with van der Waals surface area (Å²) < 4.78 is 42.4. The molecular formula is C18H22BF3N4O3. The molecular weight excluding hydrogens is 388 g/mol. The summed E-state index contributed by atoms with van der Waals surface area (Å²) in [6, 6.07) is 1.12. The number of allylic oxidation sites excluding steroid dienone is 1. The third kappa shape index (κ3) is 5.03. The Bertz CT molecular complexity index is 892. The molecule has 0 unspecified atom stereocenters. The van der Waals surface area contributed by atoms with E-state index in [2.05, 4.69) is 16.5 Å². The van der Waals surface area contributed by atoms with E-state index in [1.54, 1.807) is 6.20 Å². The number of alkyl halides is 3. The Balaban J connectivity index is 1.71.